The number of hydrogen-bond donors (Lipinski definition) is 1. The van der Waals surface area contributed by atoms with Gasteiger partial charge in [0.25, 0.3) is 5.78 Å². The maximum atomic E-state index is 13.0. The number of hydrogen-bond acceptors (Lipinski definition) is 6. The van der Waals surface area contributed by atoms with Crippen LogP contribution in [0, 0.1) is 6.92 Å². The van der Waals surface area contributed by atoms with E-state index in [2.05, 4.69) is 21.1 Å². The second-order valence-corrected chi connectivity index (χ2v) is 7.89. The minimum absolute atomic E-state index is 0.0165. The maximum Gasteiger partial charge on any atom is 0.301 e. The standard InChI is InChI=1S/C23H19BrN2O5/c1-3-30-17-10-6-15(7-11-17)21(27)19-20(14-4-8-16(24)9-5-14)26(23(29)22(19)28)18-12-13(2)31-25-18/h4-12,20,27H,3H2,1-2H3/b21-19+/t20-/m1/s1. The number of carbonyl (C=O) groups is 2. The molecule has 3 aromatic rings. The van der Waals surface area contributed by atoms with Crippen LogP contribution in [-0.4, -0.2) is 28.6 Å². The molecule has 1 atom stereocenters. The Bertz CT molecular complexity index is 1170. The van der Waals surface area contributed by atoms with Crippen molar-refractivity contribution >= 4 is 39.2 Å². The normalized spacial score (nSPS) is 17.9. The lowest BCUT2D eigenvalue weighted by molar-refractivity contribution is -0.132. The molecule has 1 amide bonds. The van der Waals surface area contributed by atoms with Crippen molar-refractivity contribution in [3.63, 3.8) is 0 Å². The molecule has 2 heterocycles. The fourth-order valence-corrected chi connectivity index (χ4v) is 3.79. The van der Waals surface area contributed by atoms with E-state index in [-0.39, 0.29) is 17.2 Å². The zero-order valence-corrected chi connectivity index (χ0v) is 18.4. The van der Waals surface area contributed by atoms with Crippen LogP contribution in [0.5, 0.6) is 5.75 Å². The molecule has 1 fully saturated rings. The number of carbonyl (C=O) groups excluding carboxylic acids is 2. The number of amides is 1. The summed E-state index contributed by atoms with van der Waals surface area (Å²) in [4.78, 5) is 27.3. The number of aryl methyl sites for hydroxylation is 1. The van der Waals surface area contributed by atoms with Gasteiger partial charge in [-0.2, -0.15) is 0 Å². The van der Waals surface area contributed by atoms with Crippen LogP contribution in [0.3, 0.4) is 0 Å². The molecule has 158 valence electrons. The molecular weight excluding hydrogens is 464 g/mol. The van der Waals surface area contributed by atoms with Crippen molar-refractivity contribution in [2.75, 3.05) is 11.5 Å². The van der Waals surface area contributed by atoms with Gasteiger partial charge in [0, 0.05) is 16.1 Å². The van der Waals surface area contributed by atoms with Crippen LogP contribution in [0.4, 0.5) is 5.82 Å². The lowest BCUT2D eigenvalue weighted by atomic mass is 9.95. The van der Waals surface area contributed by atoms with E-state index in [9.17, 15) is 14.7 Å². The molecule has 7 nitrogen and oxygen atoms in total. The minimum atomic E-state index is -0.857. The Balaban J connectivity index is 1.87. The predicted molar refractivity (Wildman–Crippen MR) is 118 cm³/mol. The van der Waals surface area contributed by atoms with Crippen LogP contribution in [0.25, 0.3) is 5.76 Å². The smallest absolute Gasteiger partial charge is 0.301 e. The fourth-order valence-electron chi connectivity index (χ4n) is 3.53. The molecule has 0 bridgehead atoms. The first-order valence-corrected chi connectivity index (χ1v) is 10.4. The van der Waals surface area contributed by atoms with Crippen molar-refractivity contribution in [1.29, 1.82) is 0 Å². The quantitative estimate of drug-likeness (QED) is 0.319. The molecule has 0 unspecified atom stereocenters. The van der Waals surface area contributed by atoms with E-state index in [0.717, 1.165) is 4.47 Å². The molecule has 1 aromatic heterocycles. The summed E-state index contributed by atoms with van der Waals surface area (Å²) in [6.07, 6.45) is 0. The van der Waals surface area contributed by atoms with E-state index >= 15 is 0 Å². The molecule has 1 saturated heterocycles. The number of halogens is 1. The highest BCUT2D eigenvalue weighted by Crippen LogP contribution is 2.42. The second-order valence-electron chi connectivity index (χ2n) is 6.97. The third-order valence-electron chi connectivity index (χ3n) is 4.93. The van der Waals surface area contributed by atoms with Crippen molar-refractivity contribution in [3.05, 3.63) is 81.5 Å². The zero-order valence-electron chi connectivity index (χ0n) is 16.8. The maximum absolute atomic E-state index is 13.0. The van der Waals surface area contributed by atoms with Crippen molar-refractivity contribution < 1.29 is 24.0 Å². The minimum Gasteiger partial charge on any atom is -0.507 e. The van der Waals surface area contributed by atoms with Gasteiger partial charge in [-0.25, -0.2) is 0 Å². The van der Waals surface area contributed by atoms with Crippen LogP contribution in [-0.2, 0) is 9.59 Å². The third-order valence-corrected chi connectivity index (χ3v) is 5.46. The van der Waals surface area contributed by atoms with Crippen molar-refractivity contribution in [3.8, 4) is 5.75 Å². The van der Waals surface area contributed by atoms with Crippen molar-refractivity contribution in [2.24, 2.45) is 0 Å². The van der Waals surface area contributed by atoms with Crippen LogP contribution in [0.15, 0.2) is 69.2 Å². The summed E-state index contributed by atoms with van der Waals surface area (Å²) in [5.41, 5.74) is 1.03. The lowest BCUT2D eigenvalue weighted by Gasteiger charge is -2.22. The summed E-state index contributed by atoms with van der Waals surface area (Å²) >= 11 is 3.39. The molecule has 0 saturated carbocycles. The monoisotopic (exact) mass is 482 g/mol. The Labute approximate surface area is 187 Å². The van der Waals surface area contributed by atoms with Crippen LogP contribution >= 0.6 is 15.9 Å². The molecule has 0 radical (unpaired) electrons. The number of aliphatic hydroxyl groups is 1. The first-order valence-electron chi connectivity index (χ1n) is 9.63. The van der Waals surface area contributed by atoms with Gasteiger partial charge in [-0.3, -0.25) is 14.5 Å². The molecule has 0 aliphatic carbocycles. The molecule has 8 heteroatoms. The Hall–Kier alpha value is -3.39. The molecule has 2 aromatic carbocycles. The van der Waals surface area contributed by atoms with Crippen LogP contribution < -0.4 is 9.64 Å². The highest BCUT2D eigenvalue weighted by Gasteiger charge is 2.48. The fraction of sp³-hybridized carbons (Fsp3) is 0.174. The third kappa shape index (κ3) is 3.86. The number of ketones is 1. The summed E-state index contributed by atoms with van der Waals surface area (Å²) in [6, 6.07) is 14.6. The van der Waals surface area contributed by atoms with Gasteiger partial charge in [0.05, 0.1) is 18.2 Å². The van der Waals surface area contributed by atoms with Gasteiger partial charge in [-0.1, -0.05) is 33.2 Å². The Morgan fingerprint density at radius 2 is 1.84 bits per heavy atom. The SMILES string of the molecule is CCOc1ccc(/C(O)=C2\C(=O)C(=O)N(c3cc(C)on3)[C@@H]2c2ccc(Br)cc2)cc1. The zero-order chi connectivity index (χ0) is 22.1. The first-order chi connectivity index (χ1) is 14.9. The van der Waals surface area contributed by atoms with Crippen molar-refractivity contribution in [2.45, 2.75) is 19.9 Å². The van der Waals surface area contributed by atoms with E-state index in [1.54, 1.807) is 61.5 Å². The summed E-state index contributed by atoms with van der Waals surface area (Å²) < 4.78 is 11.4. The van der Waals surface area contributed by atoms with Gasteiger partial charge in [0.1, 0.15) is 17.3 Å². The molecule has 31 heavy (non-hydrogen) atoms. The van der Waals surface area contributed by atoms with E-state index in [1.165, 1.54) is 4.90 Å². The largest absolute Gasteiger partial charge is 0.507 e. The molecular formula is C23H19BrN2O5. The second kappa shape index (κ2) is 8.39. The average Bonchev–Trinajstić information content (AvgIpc) is 3.30. The Morgan fingerprint density at radius 3 is 2.42 bits per heavy atom. The van der Waals surface area contributed by atoms with Gasteiger partial charge in [-0.15, -0.1) is 0 Å². The molecule has 1 aliphatic heterocycles. The molecule has 1 N–H and O–H groups in total. The summed E-state index contributed by atoms with van der Waals surface area (Å²) in [5.74, 6) is -0.496. The number of rotatable bonds is 5. The van der Waals surface area contributed by atoms with E-state index in [4.69, 9.17) is 9.26 Å². The van der Waals surface area contributed by atoms with Crippen LogP contribution in [0.1, 0.15) is 29.9 Å². The molecule has 1 aliphatic rings. The average molecular weight is 483 g/mol. The van der Waals surface area contributed by atoms with Crippen molar-refractivity contribution in [1.82, 2.24) is 5.16 Å². The van der Waals surface area contributed by atoms with E-state index in [0.29, 0.717) is 29.2 Å². The Kier molecular flexibility index (Phi) is 5.65. The lowest BCUT2D eigenvalue weighted by Crippen LogP contribution is -2.29. The summed E-state index contributed by atoms with van der Waals surface area (Å²) in [5, 5.41) is 15.0. The number of anilines is 1. The highest BCUT2D eigenvalue weighted by atomic mass is 79.9. The van der Waals surface area contributed by atoms with E-state index in [1.807, 2.05) is 6.92 Å². The summed E-state index contributed by atoms with van der Waals surface area (Å²) in [7, 11) is 0. The van der Waals surface area contributed by atoms with Gasteiger partial charge in [0.15, 0.2) is 5.82 Å². The van der Waals surface area contributed by atoms with Gasteiger partial charge in [0.2, 0.25) is 0 Å². The number of Topliss-reactive ketones (excluding diaryl/α,β-unsaturated/α-hetero) is 1. The van der Waals surface area contributed by atoms with E-state index < -0.39 is 17.7 Å². The number of aromatic nitrogens is 1. The number of nitrogens with zero attached hydrogens (tertiary/aromatic N) is 2. The van der Waals surface area contributed by atoms with Gasteiger partial charge < -0.3 is 14.4 Å². The molecule has 0 spiro atoms. The number of ether oxygens (including phenoxy) is 1. The highest BCUT2D eigenvalue weighted by molar-refractivity contribution is 9.10. The number of aliphatic hydroxyl groups excluding tert-OH is 1. The first kappa shape index (κ1) is 20.9. The van der Waals surface area contributed by atoms with Gasteiger partial charge in [-0.05, 0) is 55.8 Å². The van der Waals surface area contributed by atoms with Crippen LogP contribution in [0.2, 0.25) is 0 Å². The molecule has 4 rings (SSSR count). The number of benzene rings is 2. The topological polar surface area (TPSA) is 92.9 Å². The predicted octanol–water partition coefficient (Wildman–Crippen LogP) is 4.77. The summed E-state index contributed by atoms with van der Waals surface area (Å²) in [6.45, 7) is 4.08. The Morgan fingerprint density at radius 1 is 1.16 bits per heavy atom. The van der Waals surface area contributed by atoms with Gasteiger partial charge >= 0.3 is 5.91 Å².